The van der Waals surface area contributed by atoms with Crippen LogP contribution < -0.4 is 5.32 Å². The van der Waals surface area contributed by atoms with Crippen molar-refractivity contribution < 1.29 is 42.5 Å². The summed E-state index contributed by atoms with van der Waals surface area (Å²) < 4.78 is 29.3. The zero-order valence-electron chi connectivity index (χ0n) is 10.1. The molecule has 0 saturated carbocycles. The summed E-state index contributed by atoms with van der Waals surface area (Å²) in [6.45, 7) is 0.548. The fraction of sp³-hybridized carbons (Fsp3) is 0.857. The molecule has 0 aliphatic heterocycles. The second-order valence-corrected chi connectivity index (χ2v) is 6.13. The van der Waals surface area contributed by atoms with Crippen LogP contribution in [0.2, 0.25) is 0 Å². The molecule has 0 fully saturated rings. The van der Waals surface area contributed by atoms with Gasteiger partial charge in [0.15, 0.2) is 0 Å². The second-order valence-electron chi connectivity index (χ2n) is 3.65. The molecule has 10 nitrogen and oxygen atoms in total. The molecule has 114 valence electrons. The minimum absolute atomic E-state index is 0.167. The molecular weight excluding hydrogens is 304 g/mol. The van der Waals surface area contributed by atoms with Gasteiger partial charge in [0.2, 0.25) is 5.91 Å². The lowest BCUT2D eigenvalue weighted by atomic mass is 10.2. The number of phosphoric ester groups is 2. The molecule has 0 unspecified atom stereocenters. The molecule has 0 aromatic carbocycles. The number of carbonyl (C=O) groups excluding carboxylic acids is 1. The van der Waals surface area contributed by atoms with Gasteiger partial charge in [-0.25, -0.2) is 9.13 Å². The van der Waals surface area contributed by atoms with Gasteiger partial charge in [-0.1, -0.05) is 0 Å². The summed E-state index contributed by atoms with van der Waals surface area (Å²) >= 11 is 0. The minimum Gasteiger partial charge on any atom is -0.351 e. The molecule has 1 atom stereocenters. The number of amides is 1. The summed E-state index contributed by atoms with van der Waals surface area (Å²) in [5.74, 6) is -0.421. The standard InChI is InChI=1S/C7H17NO9P2/c1-6(9)8-7(5-17-19(13,14)15)3-2-4-16-18(10,11)12/h7H,2-5H2,1H3,(H,8,9)(H2,10,11,12)(H2,13,14,15)/t7-/m0/s1. The van der Waals surface area contributed by atoms with Crippen molar-refractivity contribution >= 4 is 21.6 Å². The first-order valence-corrected chi connectivity index (χ1v) is 8.23. The topological polar surface area (TPSA) is 163 Å². The molecular formula is C7H17NO9P2. The van der Waals surface area contributed by atoms with Gasteiger partial charge in [0.1, 0.15) is 0 Å². The third-order valence-electron chi connectivity index (χ3n) is 1.81. The van der Waals surface area contributed by atoms with Gasteiger partial charge in [0.25, 0.3) is 0 Å². The number of phosphoric acid groups is 2. The van der Waals surface area contributed by atoms with Gasteiger partial charge in [-0.2, -0.15) is 0 Å². The van der Waals surface area contributed by atoms with E-state index >= 15 is 0 Å². The second kappa shape index (κ2) is 8.08. The van der Waals surface area contributed by atoms with E-state index in [4.69, 9.17) is 19.6 Å². The summed E-state index contributed by atoms with van der Waals surface area (Å²) in [7, 11) is -9.17. The van der Waals surface area contributed by atoms with E-state index in [0.29, 0.717) is 0 Å². The van der Waals surface area contributed by atoms with Gasteiger partial charge in [-0.05, 0) is 12.8 Å². The smallest absolute Gasteiger partial charge is 0.351 e. The molecule has 19 heavy (non-hydrogen) atoms. The Hall–Kier alpha value is -0.310. The van der Waals surface area contributed by atoms with Gasteiger partial charge in [0, 0.05) is 6.92 Å². The zero-order chi connectivity index (χ0) is 15.1. The van der Waals surface area contributed by atoms with Crippen molar-refractivity contribution in [1.29, 1.82) is 0 Å². The summed E-state index contributed by atoms with van der Waals surface area (Å²) in [6, 6.07) is -0.689. The zero-order valence-corrected chi connectivity index (χ0v) is 11.9. The molecule has 0 radical (unpaired) electrons. The average Bonchev–Trinajstić information content (AvgIpc) is 2.17. The highest BCUT2D eigenvalue weighted by Gasteiger charge is 2.19. The van der Waals surface area contributed by atoms with Crippen LogP contribution in [0.3, 0.4) is 0 Å². The third-order valence-corrected chi connectivity index (χ3v) is 2.81. The highest BCUT2D eigenvalue weighted by Crippen LogP contribution is 2.36. The number of hydrogen-bond donors (Lipinski definition) is 5. The number of hydrogen-bond acceptors (Lipinski definition) is 5. The molecule has 0 aliphatic carbocycles. The quantitative estimate of drug-likeness (QED) is 0.278. The van der Waals surface area contributed by atoms with Gasteiger partial charge in [-0.3, -0.25) is 13.8 Å². The Balaban J connectivity index is 4.10. The lowest BCUT2D eigenvalue weighted by Crippen LogP contribution is -2.36. The first-order chi connectivity index (χ1) is 8.49. The Kier molecular flexibility index (Phi) is 7.95. The highest BCUT2D eigenvalue weighted by atomic mass is 31.2. The van der Waals surface area contributed by atoms with Crippen LogP contribution in [0.4, 0.5) is 0 Å². The first kappa shape index (κ1) is 18.7. The van der Waals surface area contributed by atoms with Crippen LogP contribution in [-0.2, 0) is 23.0 Å². The van der Waals surface area contributed by atoms with Crippen LogP contribution >= 0.6 is 15.6 Å². The van der Waals surface area contributed by atoms with Crippen molar-refractivity contribution in [1.82, 2.24) is 5.32 Å². The summed E-state index contributed by atoms with van der Waals surface area (Å²) in [5.41, 5.74) is 0. The van der Waals surface area contributed by atoms with Crippen LogP contribution in [0.1, 0.15) is 19.8 Å². The summed E-state index contributed by atoms with van der Waals surface area (Å²) in [5, 5.41) is 2.39. The third kappa shape index (κ3) is 13.9. The Morgan fingerprint density at radius 2 is 1.68 bits per heavy atom. The first-order valence-electron chi connectivity index (χ1n) is 5.17. The molecule has 0 spiro atoms. The Morgan fingerprint density at radius 1 is 1.16 bits per heavy atom. The molecule has 1 amide bonds. The molecule has 0 saturated heterocycles. The van der Waals surface area contributed by atoms with Crippen LogP contribution in [0.5, 0.6) is 0 Å². The predicted octanol–water partition coefficient (Wildman–Crippen LogP) is -0.510. The number of carbonyl (C=O) groups is 1. The van der Waals surface area contributed by atoms with E-state index in [1.54, 1.807) is 0 Å². The Bertz CT molecular complexity index is 375. The van der Waals surface area contributed by atoms with Crippen molar-refractivity contribution in [3.05, 3.63) is 0 Å². The minimum atomic E-state index is -4.64. The van der Waals surface area contributed by atoms with E-state index in [1.165, 1.54) is 6.92 Å². The normalized spacial score (nSPS) is 14.2. The Morgan fingerprint density at radius 3 is 2.11 bits per heavy atom. The molecule has 12 heteroatoms. The fourth-order valence-corrected chi connectivity index (χ4v) is 1.93. The Labute approximate surface area is 109 Å². The maximum atomic E-state index is 10.9. The van der Waals surface area contributed by atoms with E-state index < -0.39 is 34.2 Å². The predicted molar refractivity (Wildman–Crippen MR) is 62.8 cm³/mol. The summed E-state index contributed by atoms with van der Waals surface area (Å²) in [6.07, 6.45) is 0.347. The maximum Gasteiger partial charge on any atom is 0.469 e. The fourth-order valence-electron chi connectivity index (χ4n) is 1.18. The molecule has 0 aromatic heterocycles. The largest absolute Gasteiger partial charge is 0.469 e. The van der Waals surface area contributed by atoms with E-state index in [-0.39, 0.29) is 19.4 Å². The van der Waals surface area contributed by atoms with Crippen LogP contribution in [0.25, 0.3) is 0 Å². The number of nitrogens with one attached hydrogen (secondary N) is 1. The summed E-state index contributed by atoms with van der Waals surface area (Å²) in [4.78, 5) is 44.8. The van der Waals surface area contributed by atoms with Crippen molar-refractivity contribution in [3.8, 4) is 0 Å². The van der Waals surface area contributed by atoms with E-state index in [0.717, 1.165) is 0 Å². The van der Waals surface area contributed by atoms with Crippen LogP contribution in [-0.4, -0.2) is 44.7 Å². The number of rotatable bonds is 9. The molecule has 0 aromatic rings. The lowest BCUT2D eigenvalue weighted by Gasteiger charge is -2.18. The van der Waals surface area contributed by atoms with Crippen molar-refractivity contribution in [2.75, 3.05) is 13.2 Å². The molecule has 0 bridgehead atoms. The van der Waals surface area contributed by atoms with Gasteiger partial charge in [0.05, 0.1) is 19.3 Å². The van der Waals surface area contributed by atoms with Crippen LogP contribution in [0.15, 0.2) is 0 Å². The van der Waals surface area contributed by atoms with Crippen molar-refractivity contribution in [2.45, 2.75) is 25.8 Å². The highest BCUT2D eigenvalue weighted by molar-refractivity contribution is 7.46. The van der Waals surface area contributed by atoms with E-state index in [2.05, 4.69) is 14.4 Å². The van der Waals surface area contributed by atoms with Crippen LogP contribution in [0, 0.1) is 0 Å². The SMILES string of the molecule is CC(=O)N[C@@H](CCCOP(=O)(O)O)COP(=O)(O)O. The van der Waals surface area contributed by atoms with Crippen molar-refractivity contribution in [3.63, 3.8) is 0 Å². The van der Waals surface area contributed by atoms with Gasteiger partial charge in [-0.15, -0.1) is 0 Å². The maximum absolute atomic E-state index is 10.9. The van der Waals surface area contributed by atoms with E-state index in [1.807, 2.05) is 0 Å². The average molecular weight is 321 g/mol. The monoisotopic (exact) mass is 321 g/mol. The van der Waals surface area contributed by atoms with Gasteiger partial charge >= 0.3 is 15.6 Å². The molecule has 5 N–H and O–H groups in total. The molecule has 0 rings (SSSR count). The molecule has 0 aliphatic rings. The molecule has 0 heterocycles. The van der Waals surface area contributed by atoms with Gasteiger partial charge < -0.3 is 24.9 Å². The lowest BCUT2D eigenvalue weighted by molar-refractivity contribution is -0.120. The van der Waals surface area contributed by atoms with Crippen molar-refractivity contribution in [2.24, 2.45) is 0 Å². The van der Waals surface area contributed by atoms with E-state index in [9.17, 15) is 13.9 Å².